The van der Waals surface area contributed by atoms with Gasteiger partial charge >= 0.3 is 0 Å². The second kappa shape index (κ2) is 6.44. The number of hydrogen-bond donors (Lipinski definition) is 2. The molecule has 0 radical (unpaired) electrons. The molecule has 3 heterocycles. The Labute approximate surface area is 151 Å². The van der Waals surface area contributed by atoms with Crippen LogP contribution in [0, 0.1) is 5.92 Å². The highest BCUT2D eigenvalue weighted by Gasteiger charge is 2.35. The van der Waals surface area contributed by atoms with Crippen LogP contribution in [-0.4, -0.2) is 32.3 Å². The van der Waals surface area contributed by atoms with E-state index in [0.717, 1.165) is 17.6 Å². The minimum absolute atomic E-state index is 0.0191. The van der Waals surface area contributed by atoms with Gasteiger partial charge in [-0.3, -0.25) is 9.59 Å². The summed E-state index contributed by atoms with van der Waals surface area (Å²) in [7, 11) is 0. The molecule has 134 valence electrons. The Morgan fingerprint density at radius 1 is 1.35 bits per heavy atom. The average molecular weight is 350 g/mol. The molecule has 0 fully saturated rings. The number of H-pyrrole nitrogens is 2. The molecule has 6 heteroatoms. The molecule has 0 saturated carbocycles. The molecule has 2 N–H and O–H groups in total. The van der Waals surface area contributed by atoms with E-state index < -0.39 is 0 Å². The summed E-state index contributed by atoms with van der Waals surface area (Å²) in [5.41, 5.74) is 3.70. The molecule has 1 aliphatic heterocycles. The van der Waals surface area contributed by atoms with E-state index >= 15 is 0 Å². The minimum atomic E-state index is -0.252. The maximum Gasteiger partial charge on any atom is 0.254 e. The van der Waals surface area contributed by atoms with Crippen molar-refractivity contribution in [3.05, 3.63) is 64.0 Å². The van der Waals surface area contributed by atoms with Crippen LogP contribution in [0.15, 0.2) is 41.6 Å². The number of carbonyl (C=O) groups excluding carboxylic acids is 1. The van der Waals surface area contributed by atoms with Gasteiger partial charge in [0, 0.05) is 34.9 Å². The third-order valence-corrected chi connectivity index (χ3v) is 5.17. The van der Waals surface area contributed by atoms with Crippen LogP contribution in [-0.2, 0) is 17.6 Å². The van der Waals surface area contributed by atoms with Gasteiger partial charge in [0.25, 0.3) is 5.56 Å². The van der Waals surface area contributed by atoms with Crippen LogP contribution in [0.25, 0.3) is 10.9 Å². The predicted octanol–water partition coefficient (Wildman–Crippen LogP) is 2.58. The molecule has 2 aromatic heterocycles. The van der Waals surface area contributed by atoms with Gasteiger partial charge in [0.15, 0.2) is 0 Å². The van der Waals surface area contributed by atoms with Gasteiger partial charge in [0.1, 0.15) is 0 Å². The summed E-state index contributed by atoms with van der Waals surface area (Å²) in [6.45, 7) is 4.92. The number of fused-ring (bicyclic) bond motifs is 3. The number of benzene rings is 1. The number of nitrogens with one attached hydrogen (secondary N) is 2. The molecule has 0 aliphatic carbocycles. The first-order valence-electron chi connectivity index (χ1n) is 8.96. The van der Waals surface area contributed by atoms with Crippen molar-refractivity contribution in [1.82, 2.24) is 19.9 Å². The van der Waals surface area contributed by atoms with Crippen LogP contribution in [0.4, 0.5) is 0 Å². The Bertz CT molecular complexity index is 1020. The lowest BCUT2D eigenvalue weighted by atomic mass is 9.90. The standard InChI is InChI=1S/C20H22N4O2/c1-12(2)19-18-15(14-5-3-4-6-16(14)23-18)7-8-24(19)17(25)9-13-10-21-11-22-20(13)26/h3-6,10-12,19,23H,7-9H2,1-2H3,(H,21,22,26). The van der Waals surface area contributed by atoms with Gasteiger partial charge in [-0.15, -0.1) is 0 Å². The molecule has 6 nitrogen and oxygen atoms in total. The molecule has 1 atom stereocenters. The van der Waals surface area contributed by atoms with Crippen molar-refractivity contribution in [2.24, 2.45) is 5.92 Å². The number of nitrogens with zero attached hydrogens (tertiary/aromatic N) is 2. The van der Waals surface area contributed by atoms with Crippen molar-refractivity contribution >= 4 is 16.8 Å². The third kappa shape index (κ3) is 2.71. The fraction of sp³-hybridized carbons (Fsp3) is 0.350. The Morgan fingerprint density at radius 3 is 2.92 bits per heavy atom. The van der Waals surface area contributed by atoms with Crippen LogP contribution < -0.4 is 5.56 Å². The van der Waals surface area contributed by atoms with E-state index in [2.05, 4.69) is 40.9 Å². The number of carbonyl (C=O) groups is 1. The molecule has 0 saturated heterocycles. The zero-order valence-electron chi connectivity index (χ0n) is 15.0. The summed E-state index contributed by atoms with van der Waals surface area (Å²) in [6, 6.07) is 8.26. The van der Waals surface area contributed by atoms with Crippen molar-refractivity contribution in [1.29, 1.82) is 0 Å². The van der Waals surface area contributed by atoms with Crippen molar-refractivity contribution in [3.8, 4) is 0 Å². The first kappa shape index (κ1) is 16.6. The molecule has 0 spiro atoms. The zero-order valence-corrected chi connectivity index (χ0v) is 15.0. The molecule has 26 heavy (non-hydrogen) atoms. The van der Waals surface area contributed by atoms with E-state index in [0.29, 0.717) is 12.1 Å². The lowest BCUT2D eigenvalue weighted by molar-refractivity contribution is -0.134. The van der Waals surface area contributed by atoms with Crippen molar-refractivity contribution < 1.29 is 4.79 Å². The number of aromatic amines is 2. The van der Waals surface area contributed by atoms with E-state index in [1.807, 2.05) is 17.0 Å². The Hall–Kier alpha value is -2.89. The Kier molecular flexibility index (Phi) is 4.11. The van der Waals surface area contributed by atoms with Gasteiger partial charge in [-0.05, 0) is 24.0 Å². The highest BCUT2D eigenvalue weighted by molar-refractivity contribution is 5.86. The summed E-state index contributed by atoms with van der Waals surface area (Å²) in [5, 5.41) is 1.24. The number of amides is 1. The summed E-state index contributed by atoms with van der Waals surface area (Å²) in [4.78, 5) is 36.8. The van der Waals surface area contributed by atoms with Gasteiger partial charge in [0.2, 0.25) is 5.91 Å². The van der Waals surface area contributed by atoms with E-state index in [4.69, 9.17) is 0 Å². The van der Waals surface area contributed by atoms with Crippen molar-refractivity contribution in [2.45, 2.75) is 32.7 Å². The number of hydrogen-bond acceptors (Lipinski definition) is 3. The third-order valence-electron chi connectivity index (χ3n) is 5.17. The number of para-hydroxylation sites is 1. The highest BCUT2D eigenvalue weighted by atomic mass is 16.2. The molecule has 3 aromatic rings. The van der Waals surface area contributed by atoms with Gasteiger partial charge < -0.3 is 14.9 Å². The predicted molar refractivity (Wildman–Crippen MR) is 99.9 cm³/mol. The second-order valence-corrected chi connectivity index (χ2v) is 7.17. The van der Waals surface area contributed by atoms with Gasteiger partial charge in [-0.25, -0.2) is 4.98 Å². The fourth-order valence-corrected chi connectivity index (χ4v) is 4.01. The lowest BCUT2D eigenvalue weighted by Gasteiger charge is -2.38. The molecule has 4 rings (SSSR count). The van der Waals surface area contributed by atoms with Crippen LogP contribution >= 0.6 is 0 Å². The number of aromatic nitrogens is 3. The monoisotopic (exact) mass is 350 g/mol. The fourth-order valence-electron chi connectivity index (χ4n) is 4.01. The van der Waals surface area contributed by atoms with Crippen LogP contribution in [0.1, 0.15) is 36.7 Å². The van der Waals surface area contributed by atoms with E-state index in [1.165, 1.54) is 23.5 Å². The first-order valence-corrected chi connectivity index (χ1v) is 8.96. The molecule has 1 aliphatic rings. The highest BCUT2D eigenvalue weighted by Crippen LogP contribution is 2.38. The van der Waals surface area contributed by atoms with E-state index in [1.54, 1.807) is 0 Å². The smallest absolute Gasteiger partial charge is 0.254 e. The van der Waals surface area contributed by atoms with Crippen LogP contribution in [0.3, 0.4) is 0 Å². The maximum absolute atomic E-state index is 13.0. The summed E-state index contributed by atoms with van der Waals surface area (Å²) < 4.78 is 0. The van der Waals surface area contributed by atoms with Crippen molar-refractivity contribution in [2.75, 3.05) is 6.54 Å². The van der Waals surface area contributed by atoms with Crippen LogP contribution in [0.5, 0.6) is 0 Å². The summed E-state index contributed by atoms with van der Waals surface area (Å²) in [5.74, 6) is 0.227. The van der Waals surface area contributed by atoms with Gasteiger partial charge in [-0.2, -0.15) is 0 Å². The number of rotatable bonds is 3. The zero-order chi connectivity index (χ0) is 18.3. The summed E-state index contributed by atoms with van der Waals surface area (Å²) >= 11 is 0. The largest absolute Gasteiger partial charge is 0.356 e. The maximum atomic E-state index is 13.0. The van der Waals surface area contributed by atoms with E-state index in [9.17, 15) is 9.59 Å². The Balaban J connectivity index is 1.70. The molecule has 1 aromatic carbocycles. The molecular formula is C20H22N4O2. The Morgan fingerprint density at radius 2 is 2.15 bits per heavy atom. The van der Waals surface area contributed by atoms with E-state index in [-0.39, 0.29) is 29.8 Å². The average Bonchev–Trinajstić information content (AvgIpc) is 3.01. The topological polar surface area (TPSA) is 81.8 Å². The summed E-state index contributed by atoms with van der Waals surface area (Å²) in [6.07, 6.45) is 3.70. The molecular weight excluding hydrogens is 328 g/mol. The lowest BCUT2D eigenvalue weighted by Crippen LogP contribution is -2.43. The second-order valence-electron chi connectivity index (χ2n) is 7.17. The molecule has 1 unspecified atom stereocenters. The first-order chi connectivity index (χ1) is 12.6. The van der Waals surface area contributed by atoms with Gasteiger partial charge in [0.05, 0.1) is 18.8 Å². The van der Waals surface area contributed by atoms with Gasteiger partial charge in [-0.1, -0.05) is 32.0 Å². The molecule has 1 amide bonds. The normalized spacial score (nSPS) is 16.9. The molecule has 0 bridgehead atoms. The minimum Gasteiger partial charge on any atom is -0.356 e. The van der Waals surface area contributed by atoms with Crippen LogP contribution in [0.2, 0.25) is 0 Å². The van der Waals surface area contributed by atoms with Crippen molar-refractivity contribution in [3.63, 3.8) is 0 Å². The SMILES string of the molecule is CC(C)C1c2[nH]c3ccccc3c2CCN1C(=O)Cc1cnc[nH]c1=O. The quantitative estimate of drug-likeness (QED) is 0.762.